The van der Waals surface area contributed by atoms with Crippen LogP contribution in [0.4, 0.5) is 5.69 Å². The Labute approximate surface area is 581 Å². The second kappa shape index (κ2) is 27.5. The Morgan fingerprint density at radius 2 is 0.628 bits per heavy atom. The molecule has 488 valence electrons. The Morgan fingerprint density at radius 3 is 0.872 bits per heavy atom. The average molecular weight is 1600 g/mol. The number of hydrogen-bond acceptors (Lipinski definition) is 14. The molecule has 0 unspecified atom stereocenters. The van der Waals surface area contributed by atoms with Crippen LogP contribution >= 0.6 is 63.7 Å². The van der Waals surface area contributed by atoms with E-state index in [-0.39, 0.29) is 99.1 Å². The van der Waals surface area contributed by atoms with Crippen LogP contribution in [0.25, 0.3) is 0 Å². The number of carbonyl (C=O) groups excluding carboxylic acids is 1. The lowest BCUT2D eigenvalue weighted by atomic mass is 9.81. The van der Waals surface area contributed by atoms with Crippen LogP contribution in [-0.2, 0) is 99.4 Å². The average Bonchev–Trinajstić information content (AvgIpc) is 0.760. The summed E-state index contributed by atoms with van der Waals surface area (Å²) in [6.07, 6.45) is -2.63. The summed E-state index contributed by atoms with van der Waals surface area (Å²) in [5.74, 6) is -2.88. The van der Waals surface area contributed by atoms with Crippen molar-refractivity contribution in [2.24, 2.45) is 0 Å². The molecule has 9 aromatic rings. The van der Waals surface area contributed by atoms with Crippen molar-refractivity contribution >= 4 is 122 Å². The highest BCUT2D eigenvalue weighted by Crippen LogP contribution is 2.45. The molecule has 0 heterocycles. The van der Waals surface area contributed by atoms with Crippen molar-refractivity contribution in [1.29, 1.82) is 0 Å². The number of hydrogen-bond donors (Lipinski definition) is 2. The lowest BCUT2D eigenvalue weighted by Crippen LogP contribution is -2.19. The van der Waals surface area contributed by atoms with Crippen molar-refractivity contribution in [3.05, 3.63) is 261 Å². The number of aliphatic carboxylic acids is 1. The smallest absolute Gasteiger partial charge is 0.339 e. The van der Waals surface area contributed by atoms with E-state index in [0.29, 0.717) is 40.3 Å². The highest BCUT2D eigenvalue weighted by atomic mass is 79.9. The van der Waals surface area contributed by atoms with Crippen molar-refractivity contribution < 1.29 is 65.1 Å². The first kappa shape index (κ1) is 69.7. The number of carboxylic acid groups (broad SMARTS) is 1. The van der Waals surface area contributed by atoms with Gasteiger partial charge in [-0.25, -0.2) is 0 Å². The zero-order valence-corrected chi connectivity index (χ0v) is 60.9. The van der Waals surface area contributed by atoms with Gasteiger partial charge in [0.05, 0.1) is 12.8 Å². The fourth-order valence-electron chi connectivity index (χ4n) is 10.7. The molecule has 1 amide bonds. The standard InChI is InChI=1S/C70H61Br4NO15S4/c1-69(2,3)52-38-48-34-44-28-42(32-63(76)75-58-10-8-7-9-11-58)29-45(65(44)87-91(79,80)59-20-12-54(71)13-21-59)35-49-39-53(70(4,5)6)41-51(68(49)90-94(85,86)62-26-18-57(74)19-27-62)37-47-31-43(33-64(77)78)30-46(66(47)88-92(81,82)60-22-14-55(72)15-23-60)36-50(40-52)67(48)89-93(83,84)61-24-16-56(73)17-25-61/h7-31,38-41H,32-37H2,1-6H3,(H,75,76)(H,77,78). The third kappa shape index (κ3) is 16.7. The van der Waals surface area contributed by atoms with Gasteiger partial charge in [0.2, 0.25) is 5.91 Å². The van der Waals surface area contributed by atoms with Crippen molar-refractivity contribution in [3.8, 4) is 23.0 Å². The van der Waals surface area contributed by atoms with E-state index in [0.717, 1.165) is 0 Å². The zero-order valence-electron chi connectivity index (χ0n) is 51.3. The van der Waals surface area contributed by atoms with Crippen molar-refractivity contribution in [2.75, 3.05) is 5.32 Å². The van der Waals surface area contributed by atoms with E-state index in [2.05, 4.69) is 69.0 Å². The molecule has 8 bridgehead atoms. The first-order chi connectivity index (χ1) is 44.1. The number of fused-ring (bicyclic) bond motifs is 8. The molecule has 1 aliphatic rings. The molecule has 16 nitrogen and oxygen atoms in total. The maximum atomic E-state index is 15.1. The topological polar surface area (TPSA) is 240 Å². The van der Waals surface area contributed by atoms with Crippen LogP contribution in [0.1, 0.15) is 108 Å². The SMILES string of the molecule is CC(C)(C)c1cc2c(OS(=O)(=O)c3ccc(Br)cc3)c(c1)Cc1cc(CC(=O)Nc3ccccc3)cc(c1OS(=O)(=O)c1ccc(Br)cc1)Cc1cc(C(C)(C)C)cc(c1OS(=O)(=O)c1ccc(Br)cc1)Cc1cc(CC(=O)O)cc(c1OS(=O)(=O)c1ccc(Br)cc1)C2. The number of anilines is 1. The molecule has 94 heavy (non-hydrogen) atoms. The van der Waals surface area contributed by atoms with Crippen LogP contribution in [0.15, 0.2) is 213 Å². The van der Waals surface area contributed by atoms with Crippen LogP contribution in [0.3, 0.4) is 0 Å². The van der Waals surface area contributed by atoms with Crippen LogP contribution in [0, 0.1) is 0 Å². The molecule has 0 radical (unpaired) electrons. The molecule has 0 spiro atoms. The van der Waals surface area contributed by atoms with Gasteiger partial charge in [0, 0.05) is 93.8 Å². The second-order valence-electron chi connectivity index (χ2n) is 24.6. The number of para-hydroxylation sites is 1. The third-order valence-electron chi connectivity index (χ3n) is 15.3. The molecule has 2 N–H and O–H groups in total. The Kier molecular flexibility index (Phi) is 20.4. The van der Waals surface area contributed by atoms with E-state index in [1.807, 2.05) is 41.5 Å². The Morgan fingerprint density at radius 1 is 0.383 bits per heavy atom. The molecule has 0 aliphatic heterocycles. The number of rotatable bonds is 17. The fraction of sp³-hybridized carbons (Fsp3) is 0.200. The van der Waals surface area contributed by atoms with Crippen LogP contribution < -0.4 is 22.0 Å². The predicted octanol–water partition coefficient (Wildman–Crippen LogP) is 15.9. The summed E-state index contributed by atoms with van der Waals surface area (Å²) in [5.41, 5.74) is 1.31. The van der Waals surface area contributed by atoms with Crippen LogP contribution in [0.2, 0.25) is 0 Å². The minimum Gasteiger partial charge on any atom is -0.481 e. The Bertz CT molecular complexity index is 4710. The summed E-state index contributed by atoms with van der Waals surface area (Å²) in [7, 11) is -19.3. The number of carboxylic acids is 1. The molecular formula is C70H61Br4NO15S4. The monoisotopic (exact) mass is 1600 g/mol. The van der Waals surface area contributed by atoms with Crippen molar-refractivity contribution in [3.63, 3.8) is 0 Å². The molecule has 9 aromatic carbocycles. The number of amides is 1. The molecule has 0 fully saturated rings. The molecule has 0 atom stereocenters. The first-order valence-corrected chi connectivity index (χ1v) is 37.9. The maximum absolute atomic E-state index is 15.1. The molecule has 1 aliphatic carbocycles. The minimum absolute atomic E-state index is 0.0277. The van der Waals surface area contributed by atoms with Gasteiger partial charge >= 0.3 is 46.4 Å². The fourth-order valence-corrected chi connectivity index (χ4v) is 15.7. The second-order valence-corrected chi connectivity index (χ2v) is 34.4. The first-order valence-electron chi connectivity index (χ1n) is 29.1. The van der Waals surface area contributed by atoms with Crippen molar-refractivity contribution in [2.45, 2.75) is 110 Å². The van der Waals surface area contributed by atoms with Gasteiger partial charge < -0.3 is 27.2 Å². The normalized spacial score (nSPS) is 13.0. The number of nitrogens with one attached hydrogen (secondary N) is 1. The molecule has 10 rings (SSSR count). The van der Waals surface area contributed by atoms with Gasteiger partial charge in [-0.2, -0.15) is 33.7 Å². The number of carbonyl (C=O) groups is 2. The van der Waals surface area contributed by atoms with Crippen LogP contribution in [0.5, 0.6) is 23.0 Å². The van der Waals surface area contributed by atoms with E-state index in [1.54, 1.807) is 66.7 Å². The summed E-state index contributed by atoms with van der Waals surface area (Å²) in [6.45, 7) is 11.4. The van der Waals surface area contributed by atoms with Gasteiger partial charge in [-0.05, 0) is 142 Å². The van der Waals surface area contributed by atoms with Gasteiger partial charge in [0.15, 0.2) is 0 Å². The maximum Gasteiger partial charge on any atom is 0.339 e. The van der Waals surface area contributed by atoms with Crippen LogP contribution in [-0.4, -0.2) is 50.7 Å². The highest BCUT2D eigenvalue weighted by Gasteiger charge is 2.34. The molecule has 0 saturated heterocycles. The largest absolute Gasteiger partial charge is 0.481 e. The van der Waals surface area contributed by atoms with Gasteiger partial charge in [0.25, 0.3) is 0 Å². The summed E-state index contributed by atoms with van der Waals surface area (Å²) in [6, 6.07) is 44.3. The van der Waals surface area contributed by atoms with E-state index in [9.17, 15) is 23.1 Å². The molecule has 24 heteroatoms. The lowest BCUT2D eigenvalue weighted by Gasteiger charge is -2.27. The number of halogens is 4. The molecule has 0 aromatic heterocycles. The van der Waals surface area contributed by atoms with Gasteiger partial charge in [-0.3, -0.25) is 9.59 Å². The quantitative estimate of drug-likeness (QED) is 0.0806. The molecule has 0 saturated carbocycles. The lowest BCUT2D eigenvalue weighted by molar-refractivity contribution is -0.136. The highest BCUT2D eigenvalue weighted by molar-refractivity contribution is 9.11. The summed E-state index contributed by atoms with van der Waals surface area (Å²) < 4.78 is 148. The van der Waals surface area contributed by atoms with E-state index in [4.69, 9.17) is 16.7 Å². The predicted molar refractivity (Wildman–Crippen MR) is 372 cm³/mol. The van der Waals surface area contributed by atoms with E-state index < -0.39 is 95.3 Å². The Balaban J connectivity index is 1.37. The van der Waals surface area contributed by atoms with Crippen molar-refractivity contribution in [1.82, 2.24) is 0 Å². The number of benzene rings is 9. The summed E-state index contributed by atoms with van der Waals surface area (Å²) in [4.78, 5) is 26.3. The zero-order chi connectivity index (χ0) is 67.9. The minimum atomic E-state index is -4.83. The van der Waals surface area contributed by atoms with Gasteiger partial charge in [-0.1, -0.05) is 172 Å². The van der Waals surface area contributed by atoms with Gasteiger partial charge in [0.1, 0.15) is 42.6 Å². The van der Waals surface area contributed by atoms with E-state index >= 15 is 25.3 Å². The van der Waals surface area contributed by atoms with E-state index in [1.165, 1.54) is 109 Å². The summed E-state index contributed by atoms with van der Waals surface area (Å²) in [5, 5.41) is 13.5. The Hall–Kier alpha value is -7.16. The van der Waals surface area contributed by atoms with Gasteiger partial charge in [-0.15, -0.1) is 0 Å². The summed E-state index contributed by atoms with van der Waals surface area (Å²) >= 11 is 13.5. The molecular weight excluding hydrogens is 1540 g/mol. The third-order valence-corrected chi connectivity index (χ3v) is 22.4.